The zero-order chi connectivity index (χ0) is 30.3. The molecule has 0 unspecified atom stereocenters. The fourth-order valence-electron chi connectivity index (χ4n) is 4.73. The van der Waals surface area contributed by atoms with Crippen molar-refractivity contribution in [2.75, 3.05) is 11.6 Å². The SMILES string of the molecule is CCC(=O)Nc1cncc(-c2ccc3[nH]nc(-c4nc5c(-c6cc(F)cc(CNS(C)(=O)=O)c6)nccc5[nH]4)c3c2F)c1. The summed E-state index contributed by atoms with van der Waals surface area (Å²) in [5.41, 5.74) is 3.89. The van der Waals surface area contributed by atoms with Crippen LogP contribution in [-0.4, -0.2) is 50.7 Å². The first-order valence-electron chi connectivity index (χ1n) is 13.1. The number of carbonyl (C=O) groups excluding carboxylic acids is 1. The Labute approximate surface area is 243 Å². The molecule has 4 aromatic heterocycles. The van der Waals surface area contributed by atoms with Crippen molar-refractivity contribution in [1.29, 1.82) is 0 Å². The number of H-pyrrole nitrogens is 2. The summed E-state index contributed by atoms with van der Waals surface area (Å²) < 4.78 is 56.1. The van der Waals surface area contributed by atoms with Gasteiger partial charge in [-0.3, -0.25) is 19.9 Å². The van der Waals surface area contributed by atoms with E-state index in [1.54, 1.807) is 37.3 Å². The minimum Gasteiger partial charge on any atom is -0.336 e. The van der Waals surface area contributed by atoms with E-state index >= 15 is 4.39 Å². The first-order chi connectivity index (χ1) is 20.6. The number of benzene rings is 2. The maximum absolute atomic E-state index is 16.1. The van der Waals surface area contributed by atoms with Gasteiger partial charge >= 0.3 is 0 Å². The number of hydrogen-bond donors (Lipinski definition) is 4. The molecule has 4 heterocycles. The monoisotopic (exact) mass is 602 g/mol. The summed E-state index contributed by atoms with van der Waals surface area (Å²) in [6.07, 6.45) is 5.83. The first-order valence-corrected chi connectivity index (χ1v) is 15.0. The van der Waals surface area contributed by atoms with Crippen LogP contribution in [0.5, 0.6) is 0 Å². The highest BCUT2D eigenvalue weighted by molar-refractivity contribution is 7.88. The molecule has 4 N–H and O–H groups in total. The number of hydrogen-bond acceptors (Lipinski definition) is 7. The topological polar surface area (TPSA) is 158 Å². The normalized spacial score (nSPS) is 11.8. The second-order valence-corrected chi connectivity index (χ2v) is 11.7. The Morgan fingerprint density at radius 1 is 1.00 bits per heavy atom. The van der Waals surface area contributed by atoms with Crippen molar-refractivity contribution in [3.8, 4) is 33.9 Å². The van der Waals surface area contributed by atoms with Gasteiger partial charge in [0.1, 0.15) is 22.8 Å². The predicted octanol–water partition coefficient (Wildman–Crippen LogP) is 4.91. The molecular formula is C29H24F2N8O3S. The van der Waals surface area contributed by atoms with Crippen molar-refractivity contribution >= 4 is 43.6 Å². The van der Waals surface area contributed by atoms with Gasteiger partial charge in [0.2, 0.25) is 15.9 Å². The van der Waals surface area contributed by atoms with E-state index in [0.29, 0.717) is 51.0 Å². The number of carbonyl (C=O) groups is 1. The van der Waals surface area contributed by atoms with Crippen LogP contribution >= 0.6 is 0 Å². The smallest absolute Gasteiger partial charge is 0.224 e. The molecule has 218 valence electrons. The van der Waals surface area contributed by atoms with Crippen LogP contribution in [0.15, 0.2) is 61.1 Å². The van der Waals surface area contributed by atoms with Crippen molar-refractivity contribution in [3.05, 3.63) is 78.3 Å². The fraction of sp³-hybridized carbons (Fsp3) is 0.138. The van der Waals surface area contributed by atoms with Crippen molar-refractivity contribution < 1.29 is 22.0 Å². The van der Waals surface area contributed by atoms with Crippen LogP contribution in [0.3, 0.4) is 0 Å². The lowest BCUT2D eigenvalue weighted by molar-refractivity contribution is -0.115. The van der Waals surface area contributed by atoms with Crippen LogP contribution in [0.1, 0.15) is 18.9 Å². The number of rotatable bonds is 8. The molecule has 0 bridgehead atoms. The Kier molecular flexibility index (Phi) is 7.15. The van der Waals surface area contributed by atoms with E-state index in [1.165, 1.54) is 30.7 Å². The molecule has 11 nitrogen and oxygen atoms in total. The second-order valence-electron chi connectivity index (χ2n) is 9.87. The summed E-state index contributed by atoms with van der Waals surface area (Å²) >= 11 is 0. The van der Waals surface area contributed by atoms with Gasteiger partial charge in [0, 0.05) is 42.0 Å². The maximum atomic E-state index is 16.1. The number of amides is 1. The highest BCUT2D eigenvalue weighted by Gasteiger charge is 2.21. The Hall–Kier alpha value is -5.08. The third-order valence-corrected chi connectivity index (χ3v) is 7.38. The summed E-state index contributed by atoms with van der Waals surface area (Å²) in [4.78, 5) is 28.2. The van der Waals surface area contributed by atoms with Crippen molar-refractivity contribution in [3.63, 3.8) is 0 Å². The number of nitrogens with zero attached hydrogens (tertiary/aromatic N) is 4. The predicted molar refractivity (Wildman–Crippen MR) is 158 cm³/mol. The largest absolute Gasteiger partial charge is 0.336 e. The van der Waals surface area contributed by atoms with Gasteiger partial charge in [-0.1, -0.05) is 6.92 Å². The number of aromatic amines is 2. The fourth-order valence-corrected chi connectivity index (χ4v) is 5.16. The van der Waals surface area contributed by atoms with E-state index in [4.69, 9.17) is 0 Å². The maximum Gasteiger partial charge on any atom is 0.224 e. The summed E-state index contributed by atoms with van der Waals surface area (Å²) in [5.74, 6) is -1.07. The van der Waals surface area contributed by atoms with Gasteiger partial charge in [-0.15, -0.1) is 0 Å². The number of pyridine rings is 2. The van der Waals surface area contributed by atoms with Crippen LogP contribution in [0, 0.1) is 11.6 Å². The Balaban J connectivity index is 1.42. The number of fused-ring (bicyclic) bond motifs is 2. The highest BCUT2D eigenvalue weighted by Crippen LogP contribution is 2.35. The van der Waals surface area contributed by atoms with Gasteiger partial charge in [-0.25, -0.2) is 26.9 Å². The number of nitrogens with one attached hydrogen (secondary N) is 4. The first kappa shape index (κ1) is 28.1. The molecule has 43 heavy (non-hydrogen) atoms. The highest BCUT2D eigenvalue weighted by atomic mass is 32.2. The zero-order valence-corrected chi connectivity index (χ0v) is 23.7. The number of anilines is 1. The van der Waals surface area contributed by atoms with Gasteiger partial charge in [0.25, 0.3) is 0 Å². The van der Waals surface area contributed by atoms with Crippen molar-refractivity contribution in [1.82, 2.24) is 34.9 Å². The molecule has 2 aromatic carbocycles. The van der Waals surface area contributed by atoms with Crippen LogP contribution in [0.25, 0.3) is 55.8 Å². The average Bonchev–Trinajstić information content (AvgIpc) is 3.60. The lowest BCUT2D eigenvalue weighted by Gasteiger charge is -2.08. The molecule has 0 aliphatic carbocycles. The number of halogens is 2. The zero-order valence-electron chi connectivity index (χ0n) is 22.9. The molecule has 0 saturated heterocycles. The Morgan fingerprint density at radius 2 is 1.84 bits per heavy atom. The molecular weight excluding hydrogens is 578 g/mol. The van der Waals surface area contributed by atoms with Gasteiger partial charge in [0.15, 0.2) is 5.82 Å². The van der Waals surface area contributed by atoms with Crippen LogP contribution in [-0.2, 0) is 21.4 Å². The number of sulfonamides is 1. The van der Waals surface area contributed by atoms with Gasteiger partial charge in [-0.05, 0) is 48.0 Å². The lowest BCUT2D eigenvalue weighted by Crippen LogP contribution is -2.21. The molecule has 0 atom stereocenters. The molecule has 0 aliphatic rings. The number of aromatic nitrogens is 6. The standard InChI is InChI=1S/C29H24F2N8O3S/c1-3-23(40)35-19-11-17(13-32-14-19)20-4-5-21-24(25(20)31)28(39-38-21)29-36-22-6-7-33-26(27(22)37-29)16-8-15(9-18(30)10-16)12-34-43(2,41)42/h4-11,13-14,34H,3,12H2,1-2H3,(H,35,40)(H,36,37)(H,38,39). The third-order valence-electron chi connectivity index (χ3n) is 6.72. The molecule has 0 spiro atoms. The number of imidazole rings is 1. The summed E-state index contributed by atoms with van der Waals surface area (Å²) in [7, 11) is -3.49. The molecule has 0 fully saturated rings. The van der Waals surface area contributed by atoms with E-state index in [2.05, 4.69) is 40.2 Å². The summed E-state index contributed by atoms with van der Waals surface area (Å²) in [5, 5.41) is 10.1. The quantitative estimate of drug-likeness (QED) is 0.193. The van der Waals surface area contributed by atoms with Gasteiger partial charge in [-0.2, -0.15) is 5.10 Å². The second kappa shape index (κ2) is 11.0. The minimum atomic E-state index is -3.49. The van der Waals surface area contributed by atoms with Crippen LogP contribution in [0.2, 0.25) is 0 Å². The molecule has 0 saturated carbocycles. The molecule has 1 amide bonds. The summed E-state index contributed by atoms with van der Waals surface area (Å²) in [6.45, 7) is 1.63. The Bertz CT molecular complexity index is 2140. The van der Waals surface area contributed by atoms with E-state index in [-0.39, 0.29) is 34.9 Å². The average molecular weight is 603 g/mol. The van der Waals surface area contributed by atoms with Crippen LogP contribution < -0.4 is 10.0 Å². The van der Waals surface area contributed by atoms with Gasteiger partial charge in [0.05, 0.1) is 40.3 Å². The van der Waals surface area contributed by atoms with Gasteiger partial charge < -0.3 is 10.3 Å². The molecule has 6 rings (SSSR count). The summed E-state index contributed by atoms with van der Waals surface area (Å²) in [6, 6.07) is 10.7. The third kappa shape index (κ3) is 5.69. The van der Waals surface area contributed by atoms with E-state index < -0.39 is 21.7 Å². The van der Waals surface area contributed by atoms with Crippen molar-refractivity contribution in [2.45, 2.75) is 19.9 Å². The molecule has 14 heteroatoms. The van der Waals surface area contributed by atoms with Crippen molar-refractivity contribution in [2.24, 2.45) is 0 Å². The molecule has 0 radical (unpaired) electrons. The molecule has 0 aliphatic heterocycles. The van der Waals surface area contributed by atoms with E-state index in [1.807, 2.05) is 0 Å². The minimum absolute atomic E-state index is 0.102. The molecule has 6 aromatic rings. The van der Waals surface area contributed by atoms with Crippen LogP contribution in [0.4, 0.5) is 14.5 Å². The lowest BCUT2D eigenvalue weighted by atomic mass is 10.0. The Morgan fingerprint density at radius 3 is 2.63 bits per heavy atom. The van der Waals surface area contributed by atoms with E-state index in [9.17, 15) is 17.6 Å². The van der Waals surface area contributed by atoms with E-state index in [0.717, 1.165) is 6.26 Å².